The van der Waals surface area contributed by atoms with Crippen molar-refractivity contribution in [1.29, 1.82) is 0 Å². The Morgan fingerprint density at radius 3 is 2.47 bits per heavy atom. The second kappa shape index (κ2) is 2.94. The van der Waals surface area contributed by atoms with Gasteiger partial charge in [0.2, 0.25) is 0 Å². The van der Waals surface area contributed by atoms with Gasteiger partial charge in [-0.05, 0) is 38.2 Å². The highest BCUT2D eigenvalue weighted by Crippen LogP contribution is 2.59. The van der Waals surface area contributed by atoms with Crippen LogP contribution in [0, 0.1) is 5.41 Å². The Labute approximate surface area is 92.1 Å². The van der Waals surface area contributed by atoms with Crippen LogP contribution in [0.15, 0.2) is 12.2 Å². The molecule has 2 heteroatoms. The number of nitrogens with one attached hydrogen (secondary N) is 1. The lowest BCUT2D eigenvalue weighted by molar-refractivity contribution is -0.112. The smallest absolute Gasteiger partial charge is 0.152 e. The van der Waals surface area contributed by atoms with Gasteiger partial charge in [-0.1, -0.05) is 26.3 Å². The Kier molecular flexibility index (Phi) is 2.13. The number of ketones is 1. The van der Waals surface area contributed by atoms with Crippen molar-refractivity contribution in [1.82, 2.24) is 5.32 Å². The molecule has 2 fully saturated rings. The molecule has 0 spiro atoms. The fourth-order valence-electron chi connectivity index (χ4n) is 3.35. The van der Waals surface area contributed by atoms with Gasteiger partial charge in [0.25, 0.3) is 0 Å². The molecular weight excluding hydrogens is 186 g/mol. The lowest BCUT2D eigenvalue weighted by atomic mass is 9.64. The summed E-state index contributed by atoms with van der Waals surface area (Å²) < 4.78 is 0. The number of hydrogen-bond donors (Lipinski definition) is 1. The average Bonchev–Trinajstić information content (AvgIpc) is 2.70. The maximum Gasteiger partial charge on any atom is 0.152 e. The second-order valence-electron chi connectivity index (χ2n) is 5.95. The molecule has 1 aliphatic heterocycles. The summed E-state index contributed by atoms with van der Waals surface area (Å²) in [4.78, 5) is 11.0. The van der Waals surface area contributed by atoms with Gasteiger partial charge in [-0.2, -0.15) is 0 Å². The van der Waals surface area contributed by atoms with Crippen LogP contribution >= 0.6 is 0 Å². The first-order valence-electron chi connectivity index (χ1n) is 5.82. The fourth-order valence-corrected chi connectivity index (χ4v) is 3.35. The quantitative estimate of drug-likeness (QED) is 0.558. The summed E-state index contributed by atoms with van der Waals surface area (Å²) in [6.07, 6.45) is 7.57. The summed E-state index contributed by atoms with van der Waals surface area (Å²) in [5.41, 5.74) is 0.538. The monoisotopic (exact) mass is 207 g/mol. The van der Waals surface area contributed by atoms with E-state index in [1.807, 2.05) is 0 Å². The lowest BCUT2D eigenvalue weighted by Gasteiger charge is -2.38. The standard InChI is InChI=1S/C13H21NO/c1-10(15)6-9-13-11(2,3)7-5-8-12(13,4)14-13/h6,9,14H,5,7-8H2,1-4H3/b9-6+/t12-,13+/m1/s1. The van der Waals surface area contributed by atoms with Gasteiger partial charge in [0, 0.05) is 5.54 Å². The van der Waals surface area contributed by atoms with E-state index in [1.54, 1.807) is 13.0 Å². The molecule has 1 aliphatic carbocycles. The lowest BCUT2D eigenvalue weighted by Crippen LogP contribution is -2.41. The van der Waals surface area contributed by atoms with Crippen LogP contribution in [0.5, 0.6) is 0 Å². The fraction of sp³-hybridized carbons (Fsp3) is 0.769. The first-order valence-corrected chi connectivity index (χ1v) is 5.82. The average molecular weight is 207 g/mol. The third kappa shape index (κ3) is 1.38. The van der Waals surface area contributed by atoms with E-state index in [9.17, 15) is 4.79 Å². The van der Waals surface area contributed by atoms with Gasteiger partial charge in [0.1, 0.15) is 0 Å². The molecule has 0 amide bonds. The maximum atomic E-state index is 11.0. The molecular formula is C13H21NO. The van der Waals surface area contributed by atoms with E-state index in [0.29, 0.717) is 0 Å². The van der Waals surface area contributed by atoms with E-state index in [0.717, 1.165) is 0 Å². The summed E-state index contributed by atoms with van der Waals surface area (Å²) >= 11 is 0. The van der Waals surface area contributed by atoms with Gasteiger partial charge in [0.15, 0.2) is 5.78 Å². The Balaban J connectivity index is 2.29. The van der Waals surface area contributed by atoms with Crippen molar-refractivity contribution in [3.05, 3.63) is 12.2 Å². The highest BCUT2D eigenvalue weighted by atomic mass is 16.1. The van der Waals surface area contributed by atoms with Crippen molar-refractivity contribution < 1.29 is 4.79 Å². The van der Waals surface area contributed by atoms with Gasteiger partial charge in [-0.15, -0.1) is 0 Å². The summed E-state index contributed by atoms with van der Waals surface area (Å²) in [5, 5.41) is 3.63. The third-order valence-corrected chi connectivity index (χ3v) is 4.40. The van der Waals surface area contributed by atoms with E-state index in [1.165, 1.54) is 19.3 Å². The van der Waals surface area contributed by atoms with E-state index >= 15 is 0 Å². The summed E-state index contributed by atoms with van der Waals surface area (Å²) in [5.74, 6) is 0.141. The number of hydrogen-bond acceptors (Lipinski definition) is 2. The molecule has 1 saturated heterocycles. The third-order valence-electron chi connectivity index (χ3n) is 4.40. The Morgan fingerprint density at radius 2 is 1.93 bits per heavy atom. The summed E-state index contributed by atoms with van der Waals surface area (Å²) in [6.45, 7) is 8.49. The molecule has 1 N–H and O–H groups in total. The largest absolute Gasteiger partial charge is 0.298 e. The molecule has 2 aliphatic rings. The molecule has 0 radical (unpaired) electrons. The summed E-state index contributed by atoms with van der Waals surface area (Å²) in [6, 6.07) is 0. The molecule has 2 rings (SSSR count). The Bertz CT molecular complexity index is 331. The minimum absolute atomic E-state index is 0.0594. The number of allylic oxidation sites excluding steroid dienone is 1. The predicted molar refractivity (Wildman–Crippen MR) is 61.7 cm³/mol. The molecule has 0 aromatic carbocycles. The molecule has 0 aromatic heterocycles. The number of carbonyl (C=O) groups excluding carboxylic acids is 1. The van der Waals surface area contributed by atoms with Crippen LogP contribution in [-0.4, -0.2) is 16.9 Å². The van der Waals surface area contributed by atoms with Gasteiger partial charge >= 0.3 is 0 Å². The van der Waals surface area contributed by atoms with Crippen LogP contribution in [0.1, 0.15) is 47.0 Å². The molecule has 0 unspecified atom stereocenters. The van der Waals surface area contributed by atoms with Gasteiger partial charge in [0.05, 0.1) is 5.54 Å². The Morgan fingerprint density at radius 1 is 1.27 bits per heavy atom. The van der Waals surface area contributed by atoms with Gasteiger partial charge < -0.3 is 0 Å². The molecule has 1 heterocycles. The molecule has 1 saturated carbocycles. The number of carbonyl (C=O) groups is 1. The number of fused-ring (bicyclic) bond motifs is 1. The Hall–Kier alpha value is -0.630. The van der Waals surface area contributed by atoms with E-state index in [4.69, 9.17) is 0 Å². The molecule has 15 heavy (non-hydrogen) atoms. The van der Waals surface area contributed by atoms with E-state index in [2.05, 4.69) is 32.2 Å². The minimum Gasteiger partial charge on any atom is -0.298 e. The molecule has 2 nitrogen and oxygen atoms in total. The zero-order valence-electron chi connectivity index (χ0n) is 10.2. The van der Waals surface area contributed by atoms with Gasteiger partial charge in [-0.3, -0.25) is 10.1 Å². The number of rotatable bonds is 2. The molecule has 84 valence electrons. The second-order valence-corrected chi connectivity index (χ2v) is 5.95. The minimum atomic E-state index is 0.0594. The van der Waals surface area contributed by atoms with E-state index < -0.39 is 0 Å². The van der Waals surface area contributed by atoms with Crippen LogP contribution in [0.25, 0.3) is 0 Å². The van der Waals surface area contributed by atoms with Crippen molar-refractivity contribution in [3.8, 4) is 0 Å². The van der Waals surface area contributed by atoms with Crippen molar-refractivity contribution >= 4 is 5.78 Å². The van der Waals surface area contributed by atoms with Crippen molar-refractivity contribution in [3.63, 3.8) is 0 Å². The molecule has 2 atom stereocenters. The van der Waals surface area contributed by atoms with Crippen LogP contribution in [0.2, 0.25) is 0 Å². The van der Waals surface area contributed by atoms with Crippen molar-refractivity contribution in [2.75, 3.05) is 0 Å². The first kappa shape index (κ1) is 10.9. The van der Waals surface area contributed by atoms with Crippen molar-refractivity contribution in [2.24, 2.45) is 5.41 Å². The highest BCUT2D eigenvalue weighted by molar-refractivity contribution is 5.87. The maximum absolute atomic E-state index is 11.0. The summed E-state index contributed by atoms with van der Waals surface area (Å²) in [7, 11) is 0. The normalized spacial score (nSPS) is 42.7. The first-order chi connectivity index (χ1) is 6.83. The predicted octanol–water partition coefficient (Wildman–Crippen LogP) is 2.44. The van der Waals surface area contributed by atoms with E-state index in [-0.39, 0.29) is 22.3 Å². The zero-order valence-corrected chi connectivity index (χ0v) is 10.2. The van der Waals surface area contributed by atoms with Gasteiger partial charge in [-0.25, -0.2) is 0 Å². The van der Waals surface area contributed by atoms with Crippen LogP contribution in [0.3, 0.4) is 0 Å². The molecule has 0 aromatic rings. The van der Waals surface area contributed by atoms with Crippen LogP contribution in [0.4, 0.5) is 0 Å². The SMILES string of the molecule is CC(=O)/C=C/[C@@]12N[C@]1(C)CCCC2(C)C. The highest BCUT2D eigenvalue weighted by Gasteiger charge is 2.70. The van der Waals surface area contributed by atoms with Crippen molar-refractivity contribution in [2.45, 2.75) is 58.0 Å². The molecule has 0 bridgehead atoms. The topological polar surface area (TPSA) is 39.0 Å². The van der Waals surface area contributed by atoms with Crippen LogP contribution in [-0.2, 0) is 4.79 Å². The zero-order chi connectivity index (χ0) is 11.3. The van der Waals surface area contributed by atoms with Crippen LogP contribution < -0.4 is 5.32 Å².